The van der Waals surface area contributed by atoms with E-state index in [2.05, 4.69) is 27.6 Å². The smallest absolute Gasteiger partial charge is 0.449 e. The van der Waals surface area contributed by atoms with E-state index in [1.165, 1.54) is 0 Å². The number of aromatic amines is 1. The van der Waals surface area contributed by atoms with Crippen molar-refractivity contribution in [1.82, 2.24) is 20.2 Å². The number of carboxylic acid groups (broad SMARTS) is 1. The molecule has 48 valence electrons. The number of H-pyrrole nitrogens is 1. The Morgan fingerprint density at radius 3 is 2.78 bits per heavy atom. The van der Waals surface area contributed by atoms with Gasteiger partial charge in [-0.15, -0.1) is 0 Å². The average molecular weight is 146 g/mol. The molecule has 2 N–H and O–H groups in total. The lowest BCUT2D eigenvalue weighted by Gasteiger charge is -1.83. The van der Waals surface area contributed by atoms with Crippen LogP contribution >= 0.6 is 12.2 Å². The van der Waals surface area contributed by atoms with Gasteiger partial charge in [0, 0.05) is 0 Å². The second-order valence-corrected chi connectivity index (χ2v) is 1.59. The maximum Gasteiger partial charge on any atom is 0.449 e. The van der Waals surface area contributed by atoms with Crippen LogP contribution in [0.5, 0.6) is 0 Å². The summed E-state index contributed by atoms with van der Waals surface area (Å²) in [4.78, 5) is 10.5. The molecule has 1 rings (SSSR count). The number of aromatic nitrogens is 4. The Bertz CT molecular complexity index is 274. The molecule has 7 heteroatoms. The molecule has 6 nitrogen and oxygen atoms in total. The lowest BCUT2D eigenvalue weighted by Crippen LogP contribution is -2.11. The van der Waals surface area contributed by atoms with Crippen molar-refractivity contribution in [2.24, 2.45) is 0 Å². The van der Waals surface area contributed by atoms with E-state index in [1.807, 2.05) is 0 Å². The summed E-state index contributed by atoms with van der Waals surface area (Å²) >= 11 is 4.44. The highest BCUT2D eigenvalue weighted by Gasteiger charge is 1.99. The summed E-state index contributed by atoms with van der Waals surface area (Å²) in [6.07, 6.45) is -1.24. The monoisotopic (exact) mass is 146 g/mol. The first-order valence-corrected chi connectivity index (χ1v) is 2.36. The van der Waals surface area contributed by atoms with Gasteiger partial charge in [0.05, 0.1) is 0 Å². The normalized spacial score (nSPS) is 9.33. The zero-order valence-corrected chi connectivity index (χ0v) is 4.92. The van der Waals surface area contributed by atoms with Crippen LogP contribution in [0.3, 0.4) is 0 Å². The van der Waals surface area contributed by atoms with Crippen LogP contribution in [0.4, 0.5) is 4.79 Å². The van der Waals surface area contributed by atoms with Crippen LogP contribution in [-0.4, -0.2) is 31.4 Å². The first-order valence-electron chi connectivity index (χ1n) is 1.95. The highest BCUT2D eigenvalue weighted by molar-refractivity contribution is 7.71. The Kier molecular flexibility index (Phi) is 1.27. The molecule has 0 saturated heterocycles. The van der Waals surface area contributed by atoms with E-state index < -0.39 is 6.09 Å². The lowest BCUT2D eigenvalue weighted by atomic mass is 11.2. The van der Waals surface area contributed by atoms with Crippen molar-refractivity contribution in [2.45, 2.75) is 0 Å². The Labute approximate surface area is 54.1 Å². The maximum atomic E-state index is 10.00. The third-order valence-electron chi connectivity index (χ3n) is 0.608. The van der Waals surface area contributed by atoms with Gasteiger partial charge in [-0.1, -0.05) is 9.90 Å². The van der Waals surface area contributed by atoms with Crippen LogP contribution in [-0.2, 0) is 0 Å². The highest BCUT2D eigenvalue weighted by Crippen LogP contribution is 1.74. The Morgan fingerprint density at radius 2 is 2.56 bits per heavy atom. The Balaban J connectivity index is 3.12. The fraction of sp³-hybridized carbons (Fsp3) is 0. The van der Waals surface area contributed by atoms with Crippen molar-refractivity contribution in [3.05, 3.63) is 4.77 Å². The van der Waals surface area contributed by atoms with Crippen LogP contribution in [0, 0.1) is 4.77 Å². The van der Waals surface area contributed by atoms with Gasteiger partial charge in [0.2, 0.25) is 4.77 Å². The fourth-order valence-corrected chi connectivity index (χ4v) is 0.430. The van der Waals surface area contributed by atoms with Crippen LogP contribution in [0.2, 0.25) is 0 Å². The largest absolute Gasteiger partial charge is 0.462 e. The topological polar surface area (TPSA) is 83.8 Å². The van der Waals surface area contributed by atoms with E-state index in [-0.39, 0.29) is 4.77 Å². The molecule has 0 saturated carbocycles. The number of tetrazole rings is 1. The fourth-order valence-electron chi connectivity index (χ4n) is 0.307. The lowest BCUT2D eigenvalue weighted by molar-refractivity contribution is 0.187. The molecule has 0 aromatic carbocycles. The number of nitrogens with zero attached hydrogens (tertiary/aromatic N) is 3. The standard InChI is InChI=1S/C2H2N4O2S/c7-2(8)6-4-1(9)3-5-6/h(H,4,9)(H,7,8). The number of carbonyl (C=O) groups is 1. The quantitative estimate of drug-likeness (QED) is 0.498. The molecule has 0 atom stereocenters. The molecule has 0 aliphatic rings. The van der Waals surface area contributed by atoms with Crippen LogP contribution in [0.1, 0.15) is 0 Å². The summed E-state index contributed by atoms with van der Waals surface area (Å²) in [5.74, 6) is 0. The van der Waals surface area contributed by atoms with E-state index in [1.54, 1.807) is 0 Å². The Morgan fingerprint density at radius 1 is 1.89 bits per heavy atom. The molecular formula is C2H2N4O2S. The van der Waals surface area contributed by atoms with Crippen molar-refractivity contribution < 1.29 is 9.90 Å². The van der Waals surface area contributed by atoms with E-state index in [0.29, 0.717) is 4.80 Å². The number of nitrogens with one attached hydrogen (secondary N) is 1. The van der Waals surface area contributed by atoms with E-state index >= 15 is 0 Å². The Hall–Kier alpha value is -1.24. The van der Waals surface area contributed by atoms with E-state index in [4.69, 9.17) is 5.11 Å². The van der Waals surface area contributed by atoms with Gasteiger partial charge < -0.3 is 5.11 Å². The molecule has 9 heavy (non-hydrogen) atoms. The summed E-state index contributed by atoms with van der Waals surface area (Å²) in [5.41, 5.74) is 0. The molecule has 0 unspecified atom stereocenters. The SMILES string of the molecule is O=C(O)n1nnc(=S)[nH]1. The minimum absolute atomic E-state index is 0.0531. The van der Waals surface area contributed by atoms with Crippen molar-refractivity contribution >= 4 is 18.3 Å². The third kappa shape index (κ3) is 1.11. The molecule has 0 aliphatic heterocycles. The van der Waals surface area contributed by atoms with Gasteiger partial charge in [0.1, 0.15) is 0 Å². The third-order valence-corrected chi connectivity index (χ3v) is 0.781. The molecule has 0 aliphatic carbocycles. The molecule has 0 bridgehead atoms. The van der Waals surface area contributed by atoms with Gasteiger partial charge in [-0.05, 0) is 17.4 Å². The highest BCUT2D eigenvalue weighted by atomic mass is 32.1. The molecule has 1 heterocycles. The van der Waals surface area contributed by atoms with Gasteiger partial charge in [-0.25, -0.2) is 9.89 Å². The van der Waals surface area contributed by atoms with Crippen LogP contribution in [0.15, 0.2) is 0 Å². The molecule has 1 aromatic heterocycles. The minimum Gasteiger partial charge on any atom is -0.462 e. The molecular weight excluding hydrogens is 144 g/mol. The maximum absolute atomic E-state index is 10.00. The second-order valence-electron chi connectivity index (χ2n) is 1.20. The summed E-state index contributed by atoms with van der Waals surface area (Å²) in [7, 11) is 0. The zero-order valence-electron chi connectivity index (χ0n) is 4.11. The molecule has 0 amide bonds. The van der Waals surface area contributed by atoms with E-state index in [9.17, 15) is 4.79 Å². The molecule has 1 aromatic rings. The van der Waals surface area contributed by atoms with Crippen LogP contribution in [0.25, 0.3) is 0 Å². The minimum atomic E-state index is -1.24. The predicted octanol–water partition coefficient (Wildman–Crippen LogP) is -0.138. The van der Waals surface area contributed by atoms with Gasteiger partial charge >= 0.3 is 6.09 Å². The zero-order chi connectivity index (χ0) is 6.85. The average Bonchev–Trinajstić information content (AvgIpc) is 2.14. The first-order chi connectivity index (χ1) is 4.20. The first kappa shape index (κ1) is 5.89. The summed E-state index contributed by atoms with van der Waals surface area (Å²) < 4.78 is 0.0531. The number of rotatable bonds is 0. The van der Waals surface area contributed by atoms with Crippen molar-refractivity contribution in [3.8, 4) is 0 Å². The van der Waals surface area contributed by atoms with Gasteiger partial charge in [-0.2, -0.15) is 0 Å². The van der Waals surface area contributed by atoms with Crippen molar-refractivity contribution in [3.63, 3.8) is 0 Å². The second kappa shape index (κ2) is 1.94. The van der Waals surface area contributed by atoms with Gasteiger partial charge in [-0.3, -0.25) is 0 Å². The molecule has 0 spiro atoms. The number of hydrogen-bond acceptors (Lipinski definition) is 4. The van der Waals surface area contributed by atoms with Gasteiger partial charge in [0.25, 0.3) is 0 Å². The van der Waals surface area contributed by atoms with Crippen molar-refractivity contribution in [2.75, 3.05) is 0 Å². The van der Waals surface area contributed by atoms with Crippen molar-refractivity contribution in [1.29, 1.82) is 0 Å². The predicted molar refractivity (Wildman–Crippen MR) is 28.6 cm³/mol. The number of hydrogen-bond donors (Lipinski definition) is 2. The summed E-state index contributed by atoms with van der Waals surface area (Å²) in [6.45, 7) is 0. The van der Waals surface area contributed by atoms with Crippen LogP contribution < -0.4 is 0 Å². The van der Waals surface area contributed by atoms with Gasteiger partial charge in [0.15, 0.2) is 0 Å². The molecule has 0 radical (unpaired) electrons. The summed E-state index contributed by atoms with van der Waals surface area (Å²) in [5, 5.41) is 16.7. The summed E-state index contributed by atoms with van der Waals surface area (Å²) in [6, 6.07) is 0. The molecule has 0 fully saturated rings. The van der Waals surface area contributed by atoms with E-state index in [0.717, 1.165) is 0 Å².